The van der Waals surface area contributed by atoms with E-state index in [1.165, 1.54) is 0 Å². The third-order valence-electron chi connectivity index (χ3n) is 2.34. The lowest BCUT2D eigenvalue weighted by Gasteiger charge is -2.21. The van der Waals surface area contributed by atoms with E-state index in [9.17, 15) is 9.90 Å². The van der Waals surface area contributed by atoms with Crippen molar-refractivity contribution in [1.29, 1.82) is 0 Å². The first-order valence-electron chi connectivity index (χ1n) is 4.36. The summed E-state index contributed by atoms with van der Waals surface area (Å²) in [5.74, 6) is 0.173. The Kier molecular flexibility index (Phi) is 1.84. The topological polar surface area (TPSA) is 58.6 Å². The van der Waals surface area contributed by atoms with Gasteiger partial charge in [-0.15, -0.1) is 0 Å². The third kappa shape index (κ3) is 1.39. The molecule has 4 nitrogen and oxygen atoms in total. The van der Waals surface area contributed by atoms with E-state index < -0.39 is 11.7 Å². The van der Waals surface area contributed by atoms with E-state index in [4.69, 9.17) is 4.74 Å². The average Bonchev–Trinajstić information content (AvgIpc) is 2.48. The third-order valence-corrected chi connectivity index (χ3v) is 2.34. The van der Waals surface area contributed by atoms with Crippen LogP contribution in [0, 0.1) is 0 Å². The zero-order chi connectivity index (χ0) is 10.2. The zero-order valence-corrected chi connectivity index (χ0v) is 7.78. The molecule has 0 radical (unpaired) electrons. The van der Waals surface area contributed by atoms with Gasteiger partial charge in [0.15, 0.2) is 5.60 Å². The van der Waals surface area contributed by atoms with Gasteiger partial charge in [-0.1, -0.05) is 12.1 Å². The van der Waals surface area contributed by atoms with Crippen molar-refractivity contribution in [2.24, 2.45) is 0 Å². The maximum Gasteiger partial charge on any atom is 0.408 e. The molecule has 1 amide bonds. The molecule has 0 saturated carbocycles. The molecule has 0 aromatic heterocycles. The number of aromatic hydroxyl groups is 1. The normalized spacial score (nSPS) is 25.6. The molecule has 1 unspecified atom stereocenters. The number of carbonyl (C=O) groups is 1. The van der Waals surface area contributed by atoms with Gasteiger partial charge in [0, 0.05) is 5.56 Å². The molecule has 14 heavy (non-hydrogen) atoms. The summed E-state index contributed by atoms with van der Waals surface area (Å²) in [4.78, 5) is 10.9. The van der Waals surface area contributed by atoms with Crippen LogP contribution in [-0.4, -0.2) is 17.7 Å². The van der Waals surface area contributed by atoms with E-state index in [1.54, 1.807) is 25.1 Å². The Morgan fingerprint density at radius 2 is 2.36 bits per heavy atom. The van der Waals surface area contributed by atoms with Gasteiger partial charge in [0.1, 0.15) is 5.75 Å². The second kappa shape index (κ2) is 2.90. The van der Waals surface area contributed by atoms with E-state index in [0.29, 0.717) is 6.54 Å². The summed E-state index contributed by atoms with van der Waals surface area (Å²) in [5.41, 5.74) is 0.117. The molecular formula is C10H11NO3. The Bertz CT molecular complexity index is 377. The average molecular weight is 193 g/mol. The van der Waals surface area contributed by atoms with Crippen molar-refractivity contribution in [1.82, 2.24) is 5.32 Å². The van der Waals surface area contributed by atoms with E-state index in [-0.39, 0.29) is 5.75 Å². The maximum atomic E-state index is 10.9. The predicted molar refractivity (Wildman–Crippen MR) is 49.9 cm³/mol. The van der Waals surface area contributed by atoms with Crippen LogP contribution in [0.1, 0.15) is 12.5 Å². The minimum atomic E-state index is -0.671. The van der Waals surface area contributed by atoms with Crippen LogP contribution in [0.5, 0.6) is 5.75 Å². The van der Waals surface area contributed by atoms with Crippen molar-refractivity contribution in [3.63, 3.8) is 0 Å². The predicted octanol–water partition coefficient (Wildman–Crippen LogP) is 1.35. The fourth-order valence-corrected chi connectivity index (χ4v) is 1.51. The molecule has 1 atom stereocenters. The quantitative estimate of drug-likeness (QED) is 0.707. The van der Waals surface area contributed by atoms with Crippen molar-refractivity contribution in [2.75, 3.05) is 6.54 Å². The summed E-state index contributed by atoms with van der Waals surface area (Å²) in [7, 11) is 0. The number of nitrogens with one attached hydrogen (secondary N) is 1. The second-order valence-electron chi connectivity index (χ2n) is 3.52. The molecule has 4 heteroatoms. The summed E-state index contributed by atoms with van der Waals surface area (Å²) in [6.45, 7) is 2.23. The lowest BCUT2D eigenvalue weighted by molar-refractivity contribution is 0.0702. The first-order chi connectivity index (χ1) is 6.60. The summed E-state index contributed by atoms with van der Waals surface area (Å²) < 4.78 is 5.13. The van der Waals surface area contributed by atoms with Gasteiger partial charge in [-0.25, -0.2) is 4.79 Å². The zero-order valence-electron chi connectivity index (χ0n) is 7.78. The largest absolute Gasteiger partial charge is 0.508 e. The molecule has 1 aromatic rings. The van der Waals surface area contributed by atoms with E-state index in [2.05, 4.69) is 5.32 Å². The van der Waals surface area contributed by atoms with Gasteiger partial charge in [0.25, 0.3) is 0 Å². The van der Waals surface area contributed by atoms with Crippen molar-refractivity contribution >= 4 is 6.09 Å². The van der Waals surface area contributed by atoms with Crippen LogP contribution in [0.3, 0.4) is 0 Å². The Labute approximate surface area is 81.5 Å². The van der Waals surface area contributed by atoms with Crippen molar-refractivity contribution in [3.05, 3.63) is 29.8 Å². The van der Waals surface area contributed by atoms with Crippen LogP contribution < -0.4 is 5.32 Å². The standard InChI is InChI=1S/C10H11NO3/c1-10(6-11-9(13)14-10)7-3-2-4-8(12)5-7/h2-5,12H,6H2,1H3,(H,11,13). The van der Waals surface area contributed by atoms with Crippen LogP contribution in [0.4, 0.5) is 4.79 Å². The molecule has 1 aromatic carbocycles. The highest BCUT2D eigenvalue weighted by Gasteiger charge is 2.37. The van der Waals surface area contributed by atoms with Crippen molar-refractivity contribution in [2.45, 2.75) is 12.5 Å². The Balaban J connectivity index is 2.34. The summed E-state index contributed by atoms with van der Waals surface area (Å²) in [6.07, 6.45) is -0.421. The molecule has 0 bridgehead atoms. The minimum absolute atomic E-state index is 0.173. The molecule has 1 fully saturated rings. The number of amides is 1. The number of alkyl carbamates (subject to hydrolysis) is 1. The lowest BCUT2D eigenvalue weighted by atomic mass is 9.96. The lowest BCUT2D eigenvalue weighted by Crippen LogP contribution is -2.26. The molecule has 74 valence electrons. The number of rotatable bonds is 1. The first kappa shape index (κ1) is 8.87. The highest BCUT2D eigenvalue weighted by atomic mass is 16.6. The molecule has 1 aliphatic heterocycles. The molecule has 2 N–H and O–H groups in total. The van der Waals surface area contributed by atoms with E-state index >= 15 is 0 Å². The monoisotopic (exact) mass is 193 g/mol. The van der Waals surface area contributed by atoms with Gasteiger partial charge in [0.05, 0.1) is 6.54 Å². The molecule has 1 aliphatic rings. The van der Waals surface area contributed by atoms with Crippen LogP contribution in [0.2, 0.25) is 0 Å². The van der Waals surface area contributed by atoms with Gasteiger partial charge in [-0.3, -0.25) is 0 Å². The molecule has 1 heterocycles. The van der Waals surface area contributed by atoms with Gasteiger partial charge in [-0.2, -0.15) is 0 Å². The smallest absolute Gasteiger partial charge is 0.408 e. The summed E-state index contributed by atoms with van der Waals surface area (Å²) in [5, 5.41) is 11.9. The van der Waals surface area contributed by atoms with Crippen LogP contribution in [-0.2, 0) is 10.3 Å². The van der Waals surface area contributed by atoms with E-state index in [0.717, 1.165) is 5.56 Å². The van der Waals surface area contributed by atoms with Gasteiger partial charge < -0.3 is 15.2 Å². The number of phenolic OH excluding ortho intramolecular Hbond substituents is 1. The SMILES string of the molecule is CC1(c2cccc(O)c2)CNC(=O)O1. The van der Waals surface area contributed by atoms with Gasteiger partial charge >= 0.3 is 6.09 Å². The number of ether oxygens (including phenoxy) is 1. The Morgan fingerprint density at radius 1 is 1.57 bits per heavy atom. The van der Waals surface area contributed by atoms with Crippen LogP contribution in [0.25, 0.3) is 0 Å². The van der Waals surface area contributed by atoms with Crippen molar-refractivity contribution < 1.29 is 14.6 Å². The Morgan fingerprint density at radius 3 is 2.93 bits per heavy atom. The highest BCUT2D eigenvalue weighted by molar-refractivity contribution is 5.70. The summed E-state index contributed by atoms with van der Waals surface area (Å²) >= 11 is 0. The number of benzene rings is 1. The highest BCUT2D eigenvalue weighted by Crippen LogP contribution is 2.30. The first-order valence-corrected chi connectivity index (χ1v) is 4.36. The molecule has 1 saturated heterocycles. The van der Waals surface area contributed by atoms with Gasteiger partial charge in [0.2, 0.25) is 0 Å². The minimum Gasteiger partial charge on any atom is -0.508 e. The fourth-order valence-electron chi connectivity index (χ4n) is 1.51. The summed E-state index contributed by atoms with van der Waals surface area (Å²) in [6, 6.07) is 6.72. The van der Waals surface area contributed by atoms with Crippen molar-refractivity contribution in [3.8, 4) is 5.75 Å². The number of hydrogen-bond donors (Lipinski definition) is 2. The second-order valence-corrected chi connectivity index (χ2v) is 3.52. The Hall–Kier alpha value is -1.71. The van der Waals surface area contributed by atoms with Crippen LogP contribution >= 0.6 is 0 Å². The number of carbonyl (C=O) groups excluding carboxylic acids is 1. The number of hydrogen-bond acceptors (Lipinski definition) is 3. The van der Waals surface area contributed by atoms with Gasteiger partial charge in [-0.05, 0) is 19.1 Å². The molecular weight excluding hydrogens is 182 g/mol. The van der Waals surface area contributed by atoms with E-state index in [1.807, 2.05) is 6.07 Å². The van der Waals surface area contributed by atoms with Crippen LogP contribution in [0.15, 0.2) is 24.3 Å². The fraction of sp³-hybridized carbons (Fsp3) is 0.300. The number of phenols is 1. The number of cyclic esters (lactones) is 1. The molecule has 0 aliphatic carbocycles. The molecule has 2 rings (SSSR count). The molecule has 0 spiro atoms. The maximum absolute atomic E-state index is 10.9.